The predicted molar refractivity (Wildman–Crippen MR) is 140 cm³/mol. The Balaban J connectivity index is 1.71. The van der Waals surface area contributed by atoms with Crippen molar-refractivity contribution in [3.63, 3.8) is 0 Å². The third-order valence-electron chi connectivity index (χ3n) is 5.60. The minimum Gasteiger partial charge on any atom is -0.491 e. The maximum absolute atomic E-state index is 6.07. The molecule has 0 saturated heterocycles. The molecule has 9 heteroatoms. The third-order valence-corrected chi connectivity index (χ3v) is 10.1. The van der Waals surface area contributed by atoms with Crippen molar-refractivity contribution in [2.24, 2.45) is 0 Å². The maximum Gasteiger partial charge on any atom is 0.192 e. The van der Waals surface area contributed by atoms with Gasteiger partial charge in [0.05, 0.1) is 85.9 Å². The Morgan fingerprint density at radius 2 is 0.857 bits per heavy atom. The first-order valence-corrected chi connectivity index (χ1v) is 15.5. The Bertz CT molecular complexity index is 595. The number of rotatable bonds is 23. The summed E-state index contributed by atoms with van der Waals surface area (Å²) in [6.45, 7) is 18.9. The number of hydrogen-bond acceptors (Lipinski definition) is 8. The Morgan fingerprint density at radius 3 is 1.23 bits per heavy atom. The summed E-state index contributed by atoms with van der Waals surface area (Å²) in [4.78, 5) is 0. The second-order valence-electron chi connectivity index (χ2n) is 9.44. The van der Waals surface area contributed by atoms with Crippen LogP contribution in [0.15, 0.2) is 30.3 Å². The molecule has 0 saturated carbocycles. The van der Waals surface area contributed by atoms with E-state index >= 15 is 0 Å². The molecule has 1 aromatic rings. The average Bonchev–Trinajstić information content (AvgIpc) is 2.82. The first-order chi connectivity index (χ1) is 16.8. The van der Waals surface area contributed by atoms with E-state index in [0.29, 0.717) is 92.5 Å². The molecule has 0 spiro atoms. The van der Waals surface area contributed by atoms with Gasteiger partial charge in [0.1, 0.15) is 12.4 Å². The molecule has 1 rings (SSSR count). The van der Waals surface area contributed by atoms with E-state index in [1.165, 1.54) is 0 Å². The van der Waals surface area contributed by atoms with Crippen molar-refractivity contribution in [3.05, 3.63) is 30.3 Å². The highest BCUT2D eigenvalue weighted by atomic mass is 28.4. The van der Waals surface area contributed by atoms with Crippen molar-refractivity contribution in [2.45, 2.75) is 38.9 Å². The third kappa shape index (κ3) is 17.9. The Kier molecular flexibility index (Phi) is 18.3. The van der Waals surface area contributed by atoms with Crippen molar-refractivity contribution in [2.75, 3.05) is 92.5 Å². The molecule has 0 aliphatic heterocycles. The van der Waals surface area contributed by atoms with E-state index in [2.05, 4.69) is 33.9 Å². The second kappa shape index (κ2) is 20.1. The second-order valence-corrected chi connectivity index (χ2v) is 14.3. The fourth-order valence-corrected chi connectivity index (χ4v) is 3.54. The minimum atomic E-state index is -1.68. The van der Waals surface area contributed by atoms with Gasteiger partial charge in [0.25, 0.3) is 0 Å². The molecule has 0 unspecified atom stereocenters. The number of hydrogen-bond donors (Lipinski definition) is 0. The van der Waals surface area contributed by atoms with Crippen molar-refractivity contribution in [1.82, 2.24) is 0 Å². The molecule has 0 N–H and O–H groups in total. The summed E-state index contributed by atoms with van der Waals surface area (Å²) in [6, 6.07) is 9.70. The van der Waals surface area contributed by atoms with E-state index in [4.69, 9.17) is 37.6 Å². The van der Waals surface area contributed by atoms with Crippen molar-refractivity contribution >= 4 is 8.32 Å². The van der Waals surface area contributed by atoms with Gasteiger partial charge in [0, 0.05) is 0 Å². The lowest BCUT2D eigenvalue weighted by Gasteiger charge is -2.36. The van der Waals surface area contributed by atoms with E-state index in [1.54, 1.807) is 0 Å². The molecule has 0 bridgehead atoms. The van der Waals surface area contributed by atoms with Crippen molar-refractivity contribution in [3.8, 4) is 5.75 Å². The van der Waals surface area contributed by atoms with Gasteiger partial charge in [-0.05, 0) is 30.3 Å². The van der Waals surface area contributed by atoms with Crippen LogP contribution in [0.3, 0.4) is 0 Å². The first-order valence-electron chi connectivity index (χ1n) is 12.6. The molecule has 0 fully saturated rings. The van der Waals surface area contributed by atoms with Crippen LogP contribution in [-0.4, -0.2) is 101 Å². The van der Waals surface area contributed by atoms with E-state index in [1.807, 2.05) is 30.3 Å². The normalized spacial score (nSPS) is 12.3. The molecule has 8 nitrogen and oxygen atoms in total. The summed E-state index contributed by atoms with van der Waals surface area (Å²) in [5.74, 6) is 0.852. The summed E-state index contributed by atoms with van der Waals surface area (Å²) >= 11 is 0. The van der Waals surface area contributed by atoms with Crippen LogP contribution < -0.4 is 4.74 Å². The summed E-state index contributed by atoms with van der Waals surface area (Å²) < 4.78 is 44.6. The molecular formula is C26H48O8Si. The summed E-state index contributed by atoms with van der Waals surface area (Å²) in [5, 5.41) is 0.226. The van der Waals surface area contributed by atoms with Crippen LogP contribution in [0.4, 0.5) is 0 Å². The van der Waals surface area contributed by atoms with E-state index in [-0.39, 0.29) is 5.04 Å². The molecule has 0 radical (unpaired) electrons. The molecule has 1 aromatic carbocycles. The fourth-order valence-electron chi connectivity index (χ4n) is 2.51. The average molecular weight is 517 g/mol. The quantitative estimate of drug-likeness (QED) is 0.158. The Morgan fingerprint density at radius 1 is 0.514 bits per heavy atom. The van der Waals surface area contributed by atoms with Crippen LogP contribution in [0.25, 0.3) is 0 Å². The lowest BCUT2D eigenvalue weighted by molar-refractivity contribution is -0.0189. The Labute approximate surface area is 213 Å². The molecule has 0 amide bonds. The number of para-hydroxylation sites is 1. The van der Waals surface area contributed by atoms with E-state index < -0.39 is 8.32 Å². The highest BCUT2D eigenvalue weighted by Gasteiger charge is 2.36. The van der Waals surface area contributed by atoms with Gasteiger partial charge in [-0.15, -0.1) is 0 Å². The number of benzene rings is 1. The van der Waals surface area contributed by atoms with Gasteiger partial charge in [-0.3, -0.25) is 0 Å². The monoisotopic (exact) mass is 516 g/mol. The molecule has 0 aromatic heterocycles. The van der Waals surface area contributed by atoms with Crippen LogP contribution in [0.5, 0.6) is 5.75 Å². The molecule has 0 aliphatic rings. The topological polar surface area (TPSA) is 73.8 Å². The molecular weight excluding hydrogens is 468 g/mol. The molecule has 0 aliphatic carbocycles. The van der Waals surface area contributed by atoms with Crippen molar-refractivity contribution in [1.29, 1.82) is 0 Å². The van der Waals surface area contributed by atoms with E-state index in [0.717, 1.165) is 5.75 Å². The highest BCUT2D eigenvalue weighted by Crippen LogP contribution is 2.36. The van der Waals surface area contributed by atoms with Gasteiger partial charge in [0.2, 0.25) is 0 Å². The van der Waals surface area contributed by atoms with Crippen LogP contribution in [0.2, 0.25) is 18.1 Å². The predicted octanol–water partition coefficient (Wildman–Crippen LogP) is 4.19. The van der Waals surface area contributed by atoms with Crippen molar-refractivity contribution < 1.29 is 37.6 Å². The lowest BCUT2D eigenvalue weighted by atomic mass is 10.2. The van der Waals surface area contributed by atoms with Gasteiger partial charge in [-0.1, -0.05) is 39.0 Å². The first kappa shape index (κ1) is 32.0. The van der Waals surface area contributed by atoms with Crippen LogP contribution in [0, 0.1) is 0 Å². The van der Waals surface area contributed by atoms with Crippen LogP contribution >= 0.6 is 0 Å². The van der Waals surface area contributed by atoms with Crippen LogP contribution in [0.1, 0.15) is 20.8 Å². The van der Waals surface area contributed by atoms with Gasteiger partial charge in [-0.2, -0.15) is 0 Å². The maximum atomic E-state index is 6.07. The molecule has 35 heavy (non-hydrogen) atoms. The van der Waals surface area contributed by atoms with Crippen LogP contribution in [-0.2, 0) is 32.8 Å². The molecule has 204 valence electrons. The summed E-state index contributed by atoms with van der Waals surface area (Å²) in [6.07, 6.45) is 0. The SMILES string of the molecule is CC(C)(C)[Si](C)(C)OCCOCCOCCOCCOCCOCCOCCOc1ccccc1. The van der Waals surface area contributed by atoms with E-state index in [9.17, 15) is 0 Å². The molecule has 0 heterocycles. The lowest BCUT2D eigenvalue weighted by Crippen LogP contribution is -2.41. The smallest absolute Gasteiger partial charge is 0.192 e. The largest absolute Gasteiger partial charge is 0.491 e. The van der Waals surface area contributed by atoms with Gasteiger partial charge >= 0.3 is 0 Å². The van der Waals surface area contributed by atoms with Gasteiger partial charge in [-0.25, -0.2) is 0 Å². The zero-order chi connectivity index (χ0) is 25.7. The summed E-state index contributed by atoms with van der Waals surface area (Å²) in [7, 11) is -1.68. The highest BCUT2D eigenvalue weighted by molar-refractivity contribution is 6.74. The number of ether oxygens (including phenoxy) is 7. The fraction of sp³-hybridized carbons (Fsp3) is 0.769. The summed E-state index contributed by atoms with van der Waals surface area (Å²) in [5.41, 5.74) is 0. The van der Waals surface area contributed by atoms with Gasteiger partial charge < -0.3 is 37.6 Å². The van der Waals surface area contributed by atoms with Gasteiger partial charge in [0.15, 0.2) is 8.32 Å². The standard InChI is InChI=1S/C26H48O8Si/c1-26(2,3)35(4,5)34-24-22-32-20-18-30-16-14-28-12-11-27-13-15-29-17-19-31-21-23-33-25-9-7-6-8-10-25/h6-10H,11-24H2,1-5H3. The minimum absolute atomic E-state index is 0.226. The Hall–Kier alpha value is -1.04. The zero-order valence-electron chi connectivity index (χ0n) is 22.6. The molecule has 0 atom stereocenters. The zero-order valence-corrected chi connectivity index (χ0v) is 23.6.